The van der Waals surface area contributed by atoms with Gasteiger partial charge in [0.15, 0.2) is 0 Å². The van der Waals surface area contributed by atoms with Crippen LogP contribution in [-0.4, -0.2) is 62.9 Å². The van der Waals surface area contributed by atoms with Crippen molar-refractivity contribution < 1.29 is 24.3 Å². The molecule has 0 aliphatic heterocycles. The fraction of sp³-hybridized carbons (Fsp3) is 0.296. The first-order valence-corrected chi connectivity index (χ1v) is 12.2. The average Bonchev–Trinajstić information content (AvgIpc) is 3.42. The Morgan fingerprint density at radius 2 is 1.37 bits per heavy atom. The molecular formula is C27H32N6O5. The third-order valence-corrected chi connectivity index (χ3v) is 5.90. The van der Waals surface area contributed by atoms with Gasteiger partial charge in [0, 0.05) is 31.2 Å². The Bertz CT molecular complexity index is 1200. The molecule has 0 aliphatic rings. The lowest BCUT2D eigenvalue weighted by molar-refractivity contribution is -0.142. The number of carboxylic acid groups (broad SMARTS) is 1. The van der Waals surface area contributed by atoms with Gasteiger partial charge in [-0.1, -0.05) is 60.7 Å². The number of benzene rings is 2. The number of carboxylic acids is 1. The minimum Gasteiger partial charge on any atom is -0.480 e. The number of amides is 3. The highest BCUT2D eigenvalue weighted by Crippen LogP contribution is 2.07. The number of carbonyl (C=O) groups excluding carboxylic acids is 3. The van der Waals surface area contributed by atoms with Gasteiger partial charge in [-0.25, -0.2) is 9.78 Å². The molecule has 1 heterocycles. The second-order valence-electron chi connectivity index (χ2n) is 8.96. The van der Waals surface area contributed by atoms with Crippen molar-refractivity contribution in [1.29, 1.82) is 0 Å². The molecule has 2 aromatic carbocycles. The molecule has 0 aliphatic carbocycles. The van der Waals surface area contributed by atoms with Crippen molar-refractivity contribution in [2.75, 3.05) is 0 Å². The molecule has 0 saturated heterocycles. The molecule has 0 bridgehead atoms. The van der Waals surface area contributed by atoms with Gasteiger partial charge in [-0.2, -0.15) is 0 Å². The molecule has 38 heavy (non-hydrogen) atoms. The van der Waals surface area contributed by atoms with E-state index < -0.39 is 47.9 Å². The monoisotopic (exact) mass is 520 g/mol. The number of nitrogens with two attached hydrogens (primary N) is 1. The number of H-pyrrole nitrogens is 1. The summed E-state index contributed by atoms with van der Waals surface area (Å²) < 4.78 is 0. The van der Waals surface area contributed by atoms with Gasteiger partial charge >= 0.3 is 5.97 Å². The number of aromatic nitrogens is 2. The van der Waals surface area contributed by atoms with Gasteiger partial charge in [-0.05, 0) is 18.1 Å². The van der Waals surface area contributed by atoms with Gasteiger partial charge < -0.3 is 31.8 Å². The number of hydrogen-bond donors (Lipinski definition) is 6. The molecule has 0 fully saturated rings. The van der Waals surface area contributed by atoms with Gasteiger partial charge in [0.1, 0.15) is 18.1 Å². The predicted molar refractivity (Wildman–Crippen MR) is 140 cm³/mol. The largest absolute Gasteiger partial charge is 0.480 e. The molecule has 11 heteroatoms. The minimum absolute atomic E-state index is 0.0868. The Morgan fingerprint density at radius 1 is 0.816 bits per heavy atom. The second kappa shape index (κ2) is 13.7. The summed E-state index contributed by atoms with van der Waals surface area (Å²) >= 11 is 0. The molecule has 0 radical (unpaired) electrons. The zero-order valence-corrected chi connectivity index (χ0v) is 21.0. The topological polar surface area (TPSA) is 179 Å². The van der Waals surface area contributed by atoms with Gasteiger partial charge in [0.2, 0.25) is 17.7 Å². The lowest BCUT2D eigenvalue weighted by atomic mass is 10.0. The quantitative estimate of drug-likeness (QED) is 0.188. The molecule has 4 unspecified atom stereocenters. The van der Waals surface area contributed by atoms with Crippen LogP contribution in [0.5, 0.6) is 0 Å². The zero-order chi connectivity index (χ0) is 27.5. The predicted octanol–water partition coefficient (Wildman–Crippen LogP) is 0.324. The molecule has 1 aromatic heterocycles. The van der Waals surface area contributed by atoms with Gasteiger partial charge in [-0.15, -0.1) is 0 Å². The summed E-state index contributed by atoms with van der Waals surface area (Å²) in [5, 5.41) is 17.3. The highest BCUT2D eigenvalue weighted by Gasteiger charge is 2.29. The van der Waals surface area contributed by atoms with Crippen LogP contribution in [0.25, 0.3) is 0 Å². The summed E-state index contributed by atoms with van der Waals surface area (Å²) in [4.78, 5) is 57.2. The number of rotatable bonds is 13. The smallest absolute Gasteiger partial charge is 0.326 e. The van der Waals surface area contributed by atoms with E-state index in [0.29, 0.717) is 5.69 Å². The van der Waals surface area contributed by atoms with E-state index in [1.807, 2.05) is 36.4 Å². The standard InChI is InChI=1S/C27H32N6O5/c1-17(24(34)33-23(27(37)38)13-19-10-6-3-7-11-19)31-26(36)22(12-18-8-4-2-5-9-18)32-25(35)21(28)14-20-15-29-16-30-20/h2-11,15-17,21-23H,12-14,28H2,1H3,(H,29,30)(H,31,36)(H,32,35)(H,33,34)(H,37,38). The maximum absolute atomic E-state index is 13.2. The minimum atomic E-state index is -1.19. The first kappa shape index (κ1) is 28.1. The number of aromatic amines is 1. The highest BCUT2D eigenvalue weighted by molar-refractivity contribution is 5.94. The van der Waals surface area contributed by atoms with Gasteiger partial charge in [-0.3, -0.25) is 14.4 Å². The van der Waals surface area contributed by atoms with E-state index in [-0.39, 0.29) is 19.3 Å². The van der Waals surface area contributed by atoms with Gasteiger partial charge in [0.05, 0.1) is 12.4 Å². The summed E-state index contributed by atoms with van der Waals surface area (Å²) in [6, 6.07) is 13.8. The molecule has 3 rings (SSSR count). The summed E-state index contributed by atoms with van der Waals surface area (Å²) in [7, 11) is 0. The van der Waals surface area contributed by atoms with Crippen LogP contribution in [0.3, 0.4) is 0 Å². The van der Waals surface area contributed by atoms with E-state index in [0.717, 1.165) is 11.1 Å². The Labute approximate surface area is 220 Å². The van der Waals surface area contributed by atoms with E-state index in [4.69, 9.17) is 5.73 Å². The molecule has 4 atom stereocenters. The van der Waals surface area contributed by atoms with E-state index in [9.17, 15) is 24.3 Å². The molecule has 200 valence electrons. The van der Waals surface area contributed by atoms with Crippen LogP contribution >= 0.6 is 0 Å². The van der Waals surface area contributed by atoms with E-state index >= 15 is 0 Å². The summed E-state index contributed by atoms with van der Waals surface area (Å²) in [5.74, 6) is -3.00. The molecule has 0 saturated carbocycles. The molecule has 11 nitrogen and oxygen atoms in total. The normalized spacial score (nSPS) is 13.9. The number of hydrogen-bond acceptors (Lipinski definition) is 6. The first-order chi connectivity index (χ1) is 18.2. The summed E-state index contributed by atoms with van der Waals surface area (Å²) in [6.07, 6.45) is 3.48. The van der Waals surface area contributed by atoms with E-state index in [2.05, 4.69) is 25.9 Å². The van der Waals surface area contributed by atoms with Crippen LogP contribution in [0.15, 0.2) is 73.2 Å². The van der Waals surface area contributed by atoms with Crippen molar-refractivity contribution in [1.82, 2.24) is 25.9 Å². The van der Waals surface area contributed by atoms with E-state index in [1.54, 1.807) is 30.5 Å². The maximum Gasteiger partial charge on any atom is 0.326 e. The van der Waals surface area contributed by atoms with Crippen molar-refractivity contribution in [3.63, 3.8) is 0 Å². The van der Waals surface area contributed by atoms with Gasteiger partial charge in [0.25, 0.3) is 0 Å². The second-order valence-corrected chi connectivity index (χ2v) is 8.96. The van der Waals surface area contributed by atoms with Crippen molar-refractivity contribution in [2.45, 2.75) is 50.4 Å². The third-order valence-electron chi connectivity index (χ3n) is 5.90. The number of aliphatic carboxylic acids is 1. The SMILES string of the molecule is CC(NC(=O)C(Cc1ccccc1)NC(=O)C(N)Cc1cnc[nH]1)C(=O)NC(Cc1ccccc1)C(=O)O. The van der Waals surface area contributed by atoms with Crippen LogP contribution < -0.4 is 21.7 Å². The van der Waals surface area contributed by atoms with Crippen molar-refractivity contribution in [3.8, 4) is 0 Å². The lowest BCUT2D eigenvalue weighted by Crippen LogP contribution is -2.57. The molecule has 3 amide bonds. The maximum atomic E-state index is 13.2. The van der Waals surface area contributed by atoms with Crippen molar-refractivity contribution in [2.24, 2.45) is 5.73 Å². The van der Waals surface area contributed by atoms with Crippen LogP contribution in [0.4, 0.5) is 0 Å². The Hall–Kier alpha value is -4.51. The van der Waals surface area contributed by atoms with Crippen molar-refractivity contribution in [3.05, 3.63) is 90.0 Å². The number of nitrogens with zero attached hydrogens (tertiary/aromatic N) is 1. The highest BCUT2D eigenvalue weighted by atomic mass is 16.4. The Balaban J connectivity index is 1.64. The summed E-state index contributed by atoms with van der Waals surface area (Å²) in [5.41, 5.74) is 8.24. The number of carbonyl (C=O) groups is 4. The van der Waals surface area contributed by atoms with Crippen LogP contribution in [0.1, 0.15) is 23.7 Å². The van der Waals surface area contributed by atoms with Crippen LogP contribution in [-0.2, 0) is 38.4 Å². The van der Waals surface area contributed by atoms with Crippen LogP contribution in [0, 0.1) is 0 Å². The molecule has 7 N–H and O–H groups in total. The fourth-order valence-corrected chi connectivity index (χ4v) is 3.79. The molecular weight excluding hydrogens is 488 g/mol. The number of nitrogens with one attached hydrogen (secondary N) is 4. The first-order valence-electron chi connectivity index (χ1n) is 12.2. The lowest BCUT2D eigenvalue weighted by Gasteiger charge is -2.23. The molecule has 0 spiro atoms. The third kappa shape index (κ3) is 8.56. The fourth-order valence-electron chi connectivity index (χ4n) is 3.79. The van der Waals surface area contributed by atoms with E-state index in [1.165, 1.54) is 13.3 Å². The number of imidazole rings is 1. The molecule has 3 aromatic rings. The summed E-state index contributed by atoms with van der Waals surface area (Å²) in [6.45, 7) is 1.44. The van der Waals surface area contributed by atoms with Crippen LogP contribution in [0.2, 0.25) is 0 Å². The Morgan fingerprint density at radius 3 is 1.89 bits per heavy atom. The Kier molecular flexibility index (Phi) is 10.1. The average molecular weight is 521 g/mol. The zero-order valence-electron chi connectivity index (χ0n) is 21.0. The van der Waals surface area contributed by atoms with Crippen molar-refractivity contribution >= 4 is 23.7 Å².